The van der Waals surface area contributed by atoms with Crippen molar-refractivity contribution in [1.82, 2.24) is 36.5 Å². The summed E-state index contributed by atoms with van der Waals surface area (Å²) in [6, 6.07) is 135. The molecule has 0 saturated heterocycles. The van der Waals surface area contributed by atoms with Gasteiger partial charge < -0.3 is 74.4 Å². The van der Waals surface area contributed by atoms with Gasteiger partial charge in [-0.15, -0.1) is 0 Å². The van der Waals surface area contributed by atoms with Crippen LogP contribution in [0.4, 0.5) is 0 Å². The number of ether oxygens (including phenoxy) is 8. The largest absolute Gasteiger partial charge is 0.497 e. The van der Waals surface area contributed by atoms with Crippen LogP contribution in [0.15, 0.2) is 388 Å². The molecule has 0 fully saturated rings. The van der Waals surface area contributed by atoms with E-state index in [9.17, 15) is 0 Å². The average molecular weight is 1580 g/mol. The van der Waals surface area contributed by atoms with Crippen molar-refractivity contribution in [3.63, 3.8) is 0 Å². The number of hydrogen-bond donors (Lipinski definition) is 0. The summed E-state index contributed by atoms with van der Waals surface area (Å²) in [5, 5.41) is 0. The molecule has 0 amide bonds. The fourth-order valence-corrected chi connectivity index (χ4v) is 15.5. The van der Waals surface area contributed by atoms with Crippen LogP contribution in [0.25, 0.3) is 134 Å². The summed E-state index contributed by atoms with van der Waals surface area (Å²) in [6.07, 6.45) is 0. The van der Waals surface area contributed by atoms with E-state index in [1.807, 2.05) is 97.1 Å². The highest BCUT2D eigenvalue weighted by Crippen LogP contribution is 2.33. The van der Waals surface area contributed by atoms with Gasteiger partial charge in [0.25, 0.3) is 0 Å². The van der Waals surface area contributed by atoms with Crippen molar-refractivity contribution in [3.05, 3.63) is 388 Å². The van der Waals surface area contributed by atoms with Crippen molar-refractivity contribution in [1.29, 1.82) is 0 Å². The Morgan fingerprint density at radius 2 is 0.217 bits per heavy atom. The first-order chi connectivity index (χ1) is 59.1. The fraction of sp³-hybridized carbons (Fsp3) is 0.0769. The summed E-state index contributed by atoms with van der Waals surface area (Å²) in [6.45, 7) is 0. The number of benzene rings is 16. The van der Waals surface area contributed by atoms with Gasteiger partial charge in [0.15, 0.2) is 0 Å². The SMILES string of the molecule is COc1ccc(-n2c3ccc(cc3)n(-c3ccc(OC)cc3)c3ccc(cc3)n(-c3ccc(OC)cc3)c3cccc(c3)n(-c3ccc(OC)cc3)c3ccc(cc3)n(-c3ccc(OC)cc3)c3ccc(cc3)n(-c3ccc(OC)cc3)c3ccc(cc3)n(-c3ccc(OC)cc3)c3cccc(c3)n(-c3ccc(OC)cc3)c3ccc2cc3)cc1. The molecule has 0 radical (unpaired) electrons. The van der Waals surface area contributed by atoms with E-state index in [-0.39, 0.29) is 0 Å². The highest BCUT2D eigenvalue weighted by Gasteiger charge is 2.14. The molecular weight excluding hydrogens is 1490 g/mol. The zero-order chi connectivity index (χ0) is 82.0. The molecular formula is C104H88N8O8. The molecule has 0 aliphatic carbocycles. The topological polar surface area (TPSA) is 113 Å². The zero-order valence-corrected chi connectivity index (χ0v) is 67.8. The zero-order valence-electron chi connectivity index (χ0n) is 67.8. The first kappa shape index (κ1) is 76.9. The van der Waals surface area contributed by atoms with Crippen LogP contribution >= 0.6 is 0 Å². The third-order valence-electron chi connectivity index (χ3n) is 21.5. The molecule has 26 aromatic rings. The number of aromatic nitrogens is 8. The Balaban J connectivity index is 0.982. The minimum Gasteiger partial charge on any atom is -0.497 e. The summed E-state index contributed by atoms with van der Waals surface area (Å²) in [5.41, 5.74) is 22.4. The molecule has 0 unspecified atom stereocenters. The van der Waals surface area contributed by atoms with Crippen molar-refractivity contribution in [2.45, 2.75) is 0 Å². The molecule has 0 atom stereocenters. The van der Waals surface area contributed by atoms with E-state index in [0.717, 1.165) is 180 Å². The third kappa shape index (κ3) is 16.0. The molecule has 0 aliphatic heterocycles. The van der Waals surface area contributed by atoms with Gasteiger partial charge in [-0.25, -0.2) is 0 Å². The molecule has 10 heterocycles. The van der Waals surface area contributed by atoms with Gasteiger partial charge in [-0.2, -0.15) is 0 Å². The quantitative estimate of drug-likeness (QED) is 0.0940. The van der Waals surface area contributed by atoms with Gasteiger partial charge in [-0.1, -0.05) is 12.1 Å². The van der Waals surface area contributed by atoms with Crippen molar-refractivity contribution >= 4 is 88.3 Å². The molecule has 592 valence electrons. The van der Waals surface area contributed by atoms with Crippen LogP contribution in [0.2, 0.25) is 0 Å². The highest BCUT2D eigenvalue weighted by molar-refractivity contribution is 5.80. The maximum atomic E-state index is 5.76. The number of hydrogen-bond acceptors (Lipinski definition) is 8. The summed E-state index contributed by atoms with van der Waals surface area (Å²) in [4.78, 5) is 0. The summed E-state index contributed by atoms with van der Waals surface area (Å²) in [5.74, 6) is 5.99. The number of rotatable bonds is 16. The molecule has 10 aromatic heterocycles. The highest BCUT2D eigenvalue weighted by atomic mass is 16.5. The Morgan fingerprint density at radius 1 is 0.117 bits per heavy atom. The van der Waals surface area contributed by atoms with Gasteiger partial charge in [-0.3, -0.25) is 0 Å². The second-order valence-electron chi connectivity index (χ2n) is 28.4. The second-order valence-corrected chi connectivity index (χ2v) is 28.4. The van der Waals surface area contributed by atoms with Gasteiger partial charge in [0.1, 0.15) is 46.0 Å². The molecule has 16 nitrogen and oxygen atoms in total. The Labute approximate surface area is 695 Å². The smallest absolute Gasteiger partial charge is 0.119 e. The lowest BCUT2D eigenvalue weighted by molar-refractivity contribution is 0.414. The van der Waals surface area contributed by atoms with Crippen LogP contribution in [-0.4, -0.2) is 93.4 Å². The van der Waals surface area contributed by atoms with Crippen LogP contribution in [0.3, 0.4) is 0 Å². The molecule has 16 aromatic carbocycles. The van der Waals surface area contributed by atoms with Gasteiger partial charge in [0, 0.05) is 134 Å². The predicted molar refractivity (Wildman–Crippen MR) is 488 cm³/mol. The number of nitrogens with zero attached hydrogens (tertiary/aromatic N) is 8. The average Bonchev–Trinajstić information content (AvgIpc) is 0.778. The van der Waals surface area contributed by atoms with Crippen molar-refractivity contribution in [2.24, 2.45) is 0 Å². The Kier molecular flexibility index (Phi) is 22.3. The van der Waals surface area contributed by atoms with E-state index in [1.165, 1.54) is 0 Å². The monoisotopic (exact) mass is 1580 g/mol. The van der Waals surface area contributed by atoms with Crippen LogP contribution < -0.4 is 37.9 Å². The van der Waals surface area contributed by atoms with Gasteiger partial charge in [0.05, 0.1) is 56.9 Å². The lowest BCUT2D eigenvalue weighted by Crippen LogP contribution is -2.01. The second kappa shape index (κ2) is 34.8. The lowest BCUT2D eigenvalue weighted by Gasteiger charge is -2.16. The molecule has 0 spiro atoms. The van der Waals surface area contributed by atoms with E-state index in [0.29, 0.717) is 0 Å². The lowest BCUT2D eigenvalue weighted by atomic mass is 10.2. The minimum atomic E-state index is 0.747. The van der Waals surface area contributed by atoms with Crippen LogP contribution in [-0.2, 0) is 0 Å². The van der Waals surface area contributed by atoms with E-state index in [2.05, 4.69) is 328 Å². The van der Waals surface area contributed by atoms with Crippen LogP contribution in [0.1, 0.15) is 0 Å². The van der Waals surface area contributed by atoms with Crippen LogP contribution in [0, 0.1) is 0 Å². The standard InChI is InChI=1S/C104H88N8O8/c1-113-97-55-39-85(40-56-97)105-73-15-17-74(18-16-73)106(86-41-57-98(114-2)58-42-86)78-25-33-82(34-26-78)111(91-51-67-103(119-7)68-52-91)95-13-10-14-96(72-95)112(92-53-69-104(120-8)70-54-92)84-37-29-80(30-38-84)108(88-45-61-100(116-4)62-46-88)76-21-19-75(20-22-76)107(87-43-59-99(115-3)60-44-87)79-27-35-83(36-28-79)110(90-49-65-102(118-6)66-50-90)94-12-9-11-93(71-94)109(81-31-23-77(105)24-32-81)89-47-63-101(117-5)64-48-89/h9-72H,1-8H3. The normalized spacial score (nSPS) is 11.0. The third-order valence-corrected chi connectivity index (χ3v) is 21.5. The van der Waals surface area contributed by atoms with Gasteiger partial charge >= 0.3 is 0 Å². The summed E-state index contributed by atoms with van der Waals surface area (Å²) < 4.78 is 64.2. The summed E-state index contributed by atoms with van der Waals surface area (Å²) in [7, 11) is 13.5. The minimum absolute atomic E-state index is 0.747. The first-order valence-corrected chi connectivity index (χ1v) is 39.4. The Bertz CT molecular complexity index is 6120. The molecule has 120 heavy (non-hydrogen) atoms. The molecule has 0 N–H and O–H groups in total. The summed E-state index contributed by atoms with van der Waals surface area (Å²) >= 11 is 0. The number of methoxy groups -OCH3 is 8. The van der Waals surface area contributed by atoms with E-state index in [1.54, 1.807) is 56.9 Å². The van der Waals surface area contributed by atoms with Gasteiger partial charge in [-0.05, 0) is 376 Å². The molecule has 16 heteroatoms. The Hall–Kier alpha value is -15.7. The fourth-order valence-electron chi connectivity index (χ4n) is 15.5. The van der Waals surface area contributed by atoms with Crippen molar-refractivity contribution in [2.75, 3.05) is 56.9 Å². The molecule has 0 aliphatic rings. The maximum absolute atomic E-state index is 5.76. The van der Waals surface area contributed by atoms with Crippen molar-refractivity contribution in [3.8, 4) is 91.5 Å². The van der Waals surface area contributed by atoms with E-state index < -0.39 is 0 Å². The predicted octanol–water partition coefficient (Wildman–Crippen LogP) is 24.6. The van der Waals surface area contributed by atoms with Gasteiger partial charge in [0.2, 0.25) is 0 Å². The van der Waals surface area contributed by atoms with Crippen molar-refractivity contribution < 1.29 is 37.9 Å². The Morgan fingerprint density at radius 3 is 0.317 bits per heavy atom. The van der Waals surface area contributed by atoms with E-state index in [4.69, 9.17) is 37.9 Å². The molecule has 0 saturated carbocycles. The molecule has 26 rings (SSSR count). The van der Waals surface area contributed by atoms with E-state index >= 15 is 0 Å². The molecule has 16 bridgehead atoms. The first-order valence-electron chi connectivity index (χ1n) is 39.4. The van der Waals surface area contributed by atoms with Crippen LogP contribution in [0.5, 0.6) is 46.0 Å². The maximum Gasteiger partial charge on any atom is 0.119 e.